The molecule has 1 aromatic heterocycles. The Balaban J connectivity index is 1.72. The fraction of sp³-hybridized carbons (Fsp3) is 0.185. The van der Waals surface area contributed by atoms with Crippen molar-refractivity contribution in [1.82, 2.24) is 4.57 Å². The van der Waals surface area contributed by atoms with Gasteiger partial charge in [-0.1, -0.05) is 65.9 Å². The van der Waals surface area contributed by atoms with Gasteiger partial charge in [-0.25, -0.2) is 0 Å². The molecule has 0 aliphatic heterocycles. The fourth-order valence-electron chi connectivity index (χ4n) is 3.70. The van der Waals surface area contributed by atoms with Crippen LogP contribution < -0.4 is 14.3 Å². The largest absolute Gasteiger partial charge is 0.493 e. The van der Waals surface area contributed by atoms with Crippen LogP contribution in [0.4, 0.5) is 0 Å². The molecule has 0 unspecified atom stereocenters. The number of benzene rings is 3. The maximum absolute atomic E-state index is 12.8. The summed E-state index contributed by atoms with van der Waals surface area (Å²) in [5.41, 5.74) is 3.91. The van der Waals surface area contributed by atoms with Crippen LogP contribution in [0.2, 0.25) is 0 Å². The molecular formula is C27H26N2O3S. The van der Waals surface area contributed by atoms with Gasteiger partial charge in [0.2, 0.25) is 0 Å². The number of amides is 1. The number of carbonyl (C=O) groups excluding carboxylic acids is 1. The van der Waals surface area contributed by atoms with E-state index in [1.165, 1.54) is 0 Å². The molecule has 0 fully saturated rings. The minimum absolute atomic E-state index is 0.240. The second kappa shape index (κ2) is 10.3. The van der Waals surface area contributed by atoms with Gasteiger partial charge in [-0.2, -0.15) is 4.99 Å². The van der Waals surface area contributed by atoms with E-state index < -0.39 is 0 Å². The predicted octanol–water partition coefficient (Wildman–Crippen LogP) is 5.53. The van der Waals surface area contributed by atoms with Crippen molar-refractivity contribution < 1.29 is 14.3 Å². The SMILES string of the molecule is COc1ccc(CCn2c(C)c(-c3ccccc3)sc2=NC(=O)c2ccccc2)cc1OC. The summed E-state index contributed by atoms with van der Waals surface area (Å²) in [4.78, 5) is 19.2. The van der Waals surface area contributed by atoms with E-state index in [1.807, 2.05) is 54.6 Å². The third-order valence-corrected chi connectivity index (χ3v) is 6.71. The Hall–Kier alpha value is -3.64. The van der Waals surface area contributed by atoms with Gasteiger partial charge in [0, 0.05) is 17.8 Å². The van der Waals surface area contributed by atoms with Crippen LogP contribution in [0, 0.1) is 6.92 Å². The molecule has 0 saturated carbocycles. The molecule has 4 aromatic rings. The Morgan fingerprint density at radius 2 is 1.58 bits per heavy atom. The number of thiazole rings is 1. The quantitative estimate of drug-likeness (QED) is 0.366. The number of aromatic nitrogens is 1. The highest BCUT2D eigenvalue weighted by Crippen LogP contribution is 2.29. The fourth-order valence-corrected chi connectivity index (χ4v) is 4.86. The monoisotopic (exact) mass is 458 g/mol. The molecule has 0 radical (unpaired) electrons. The van der Waals surface area contributed by atoms with Gasteiger partial charge in [-0.05, 0) is 48.7 Å². The second-order valence-electron chi connectivity index (χ2n) is 7.54. The summed E-state index contributed by atoms with van der Waals surface area (Å²) in [6.45, 7) is 2.77. The molecule has 0 spiro atoms. The van der Waals surface area contributed by atoms with Gasteiger partial charge < -0.3 is 14.0 Å². The van der Waals surface area contributed by atoms with Crippen LogP contribution in [0.3, 0.4) is 0 Å². The van der Waals surface area contributed by atoms with Crippen LogP contribution in [-0.4, -0.2) is 24.7 Å². The van der Waals surface area contributed by atoms with E-state index in [9.17, 15) is 4.79 Å². The van der Waals surface area contributed by atoms with Gasteiger partial charge in [-0.3, -0.25) is 4.79 Å². The van der Waals surface area contributed by atoms with Crippen LogP contribution in [-0.2, 0) is 13.0 Å². The molecule has 0 atom stereocenters. The van der Waals surface area contributed by atoms with E-state index in [2.05, 4.69) is 28.6 Å². The summed E-state index contributed by atoms with van der Waals surface area (Å²) in [6.07, 6.45) is 0.763. The first-order valence-corrected chi connectivity index (χ1v) is 11.5. The van der Waals surface area contributed by atoms with Crippen LogP contribution >= 0.6 is 11.3 Å². The first-order valence-electron chi connectivity index (χ1n) is 10.7. The average Bonchev–Trinajstić information content (AvgIpc) is 3.18. The highest BCUT2D eigenvalue weighted by Gasteiger charge is 2.14. The van der Waals surface area contributed by atoms with Gasteiger partial charge in [0.05, 0.1) is 19.1 Å². The van der Waals surface area contributed by atoms with Crippen molar-refractivity contribution in [2.24, 2.45) is 4.99 Å². The number of methoxy groups -OCH3 is 2. The number of rotatable bonds is 7. The van der Waals surface area contributed by atoms with E-state index in [-0.39, 0.29) is 5.91 Å². The molecule has 1 heterocycles. The Morgan fingerprint density at radius 3 is 2.24 bits per heavy atom. The first-order chi connectivity index (χ1) is 16.1. The number of hydrogen-bond acceptors (Lipinski definition) is 4. The van der Waals surface area contributed by atoms with Crippen LogP contribution in [0.1, 0.15) is 21.6 Å². The van der Waals surface area contributed by atoms with E-state index in [1.54, 1.807) is 37.7 Å². The second-order valence-corrected chi connectivity index (χ2v) is 8.52. The lowest BCUT2D eigenvalue weighted by Gasteiger charge is -2.11. The van der Waals surface area contributed by atoms with Gasteiger partial charge in [-0.15, -0.1) is 0 Å². The molecule has 0 bridgehead atoms. The summed E-state index contributed by atoms with van der Waals surface area (Å²) in [5.74, 6) is 1.17. The molecule has 5 nitrogen and oxygen atoms in total. The summed E-state index contributed by atoms with van der Waals surface area (Å²) in [6, 6.07) is 25.3. The summed E-state index contributed by atoms with van der Waals surface area (Å²) in [5, 5.41) is 0. The molecule has 0 saturated heterocycles. The van der Waals surface area contributed by atoms with Crippen molar-refractivity contribution in [3.05, 3.63) is 100 Å². The summed E-state index contributed by atoms with van der Waals surface area (Å²) in [7, 11) is 3.27. The molecule has 168 valence electrons. The highest BCUT2D eigenvalue weighted by atomic mass is 32.1. The zero-order valence-corrected chi connectivity index (χ0v) is 19.8. The summed E-state index contributed by atoms with van der Waals surface area (Å²) >= 11 is 1.54. The van der Waals surface area contributed by atoms with Gasteiger partial charge >= 0.3 is 0 Å². The molecule has 0 N–H and O–H groups in total. The predicted molar refractivity (Wildman–Crippen MR) is 132 cm³/mol. The van der Waals surface area contributed by atoms with Crippen molar-refractivity contribution in [2.45, 2.75) is 19.9 Å². The van der Waals surface area contributed by atoms with Gasteiger partial charge in [0.15, 0.2) is 16.3 Å². The zero-order valence-electron chi connectivity index (χ0n) is 18.9. The zero-order chi connectivity index (χ0) is 23.2. The average molecular weight is 459 g/mol. The topological polar surface area (TPSA) is 52.8 Å². The maximum atomic E-state index is 12.8. The molecule has 0 aliphatic rings. The minimum Gasteiger partial charge on any atom is -0.493 e. The normalized spacial score (nSPS) is 11.4. The maximum Gasteiger partial charge on any atom is 0.279 e. The highest BCUT2D eigenvalue weighted by molar-refractivity contribution is 7.13. The Labute approximate surface area is 197 Å². The Kier molecular flexibility index (Phi) is 7.05. The lowest BCUT2D eigenvalue weighted by atomic mass is 10.1. The molecule has 4 rings (SSSR count). The minimum atomic E-state index is -0.240. The lowest BCUT2D eigenvalue weighted by Crippen LogP contribution is -2.19. The molecule has 6 heteroatoms. The first kappa shape index (κ1) is 22.6. The van der Waals surface area contributed by atoms with Crippen molar-refractivity contribution in [3.63, 3.8) is 0 Å². The van der Waals surface area contributed by atoms with Crippen LogP contribution in [0.5, 0.6) is 11.5 Å². The van der Waals surface area contributed by atoms with Gasteiger partial charge in [0.25, 0.3) is 5.91 Å². The number of hydrogen-bond donors (Lipinski definition) is 0. The molecule has 1 amide bonds. The smallest absolute Gasteiger partial charge is 0.279 e. The van der Waals surface area contributed by atoms with E-state index in [0.29, 0.717) is 28.4 Å². The third-order valence-electron chi connectivity index (χ3n) is 5.48. The molecule has 3 aromatic carbocycles. The Morgan fingerprint density at radius 1 is 0.909 bits per heavy atom. The number of aryl methyl sites for hydroxylation is 1. The third kappa shape index (κ3) is 5.07. The summed E-state index contributed by atoms with van der Waals surface area (Å²) < 4.78 is 12.9. The van der Waals surface area contributed by atoms with Crippen molar-refractivity contribution in [1.29, 1.82) is 0 Å². The van der Waals surface area contributed by atoms with Gasteiger partial charge in [0.1, 0.15) is 0 Å². The molecule has 0 aliphatic carbocycles. The van der Waals surface area contributed by atoms with Crippen molar-refractivity contribution in [3.8, 4) is 21.9 Å². The number of carbonyl (C=O) groups is 1. The standard InChI is InChI=1S/C27H26N2O3S/c1-19-25(21-10-6-4-7-11-21)33-27(28-26(30)22-12-8-5-9-13-22)29(19)17-16-20-14-15-23(31-2)24(18-20)32-3/h4-15,18H,16-17H2,1-3H3. The lowest BCUT2D eigenvalue weighted by molar-refractivity contribution is 0.0997. The van der Waals surface area contributed by atoms with E-state index in [0.717, 1.165) is 28.1 Å². The van der Waals surface area contributed by atoms with Crippen molar-refractivity contribution in [2.75, 3.05) is 14.2 Å². The van der Waals surface area contributed by atoms with Crippen LogP contribution in [0.15, 0.2) is 83.9 Å². The van der Waals surface area contributed by atoms with Crippen LogP contribution in [0.25, 0.3) is 10.4 Å². The van der Waals surface area contributed by atoms with E-state index >= 15 is 0 Å². The molecule has 33 heavy (non-hydrogen) atoms. The number of nitrogens with zero attached hydrogens (tertiary/aromatic N) is 2. The number of ether oxygens (including phenoxy) is 2. The Bertz CT molecular complexity index is 1310. The van der Waals surface area contributed by atoms with Crippen molar-refractivity contribution >= 4 is 17.2 Å². The molecular weight excluding hydrogens is 432 g/mol. The van der Waals surface area contributed by atoms with E-state index in [4.69, 9.17) is 9.47 Å².